The molecule has 3 amide bonds. The van der Waals surface area contributed by atoms with Crippen LogP contribution < -0.4 is 10.6 Å². The summed E-state index contributed by atoms with van der Waals surface area (Å²) in [6, 6.07) is 20.3. The monoisotopic (exact) mass is 577 g/mol. The average Bonchev–Trinajstić information content (AvgIpc) is 3.50. The molecule has 42 heavy (non-hydrogen) atoms. The molecule has 0 saturated carbocycles. The third-order valence-electron chi connectivity index (χ3n) is 6.67. The molecule has 0 aliphatic carbocycles. The van der Waals surface area contributed by atoms with E-state index in [0.29, 0.717) is 25.0 Å². The molecule has 3 aromatic rings. The zero-order chi connectivity index (χ0) is 30.7. The zero-order valence-electron chi connectivity index (χ0n) is 24.3. The van der Waals surface area contributed by atoms with Crippen molar-refractivity contribution >= 4 is 24.4 Å². The van der Waals surface area contributed by atoms with Gasteiger partial charge in [0.15, 0.2) is 5.76 Å². The van der Waals surface area contributed by atoms with Gasteiger partial charge >= 0.3 is 6.15 Å². The fraction of sp³-hybridized carbons (Fsp3) is 0.375. The Bertz CT molecular complexity index is 1270. The van der Waals surface area contributed by atoms with E-state index in [9.17, 15) is 14.4 Å². The second kappa shape index (κ2) is 18.7. The molecule has 2 N–H and O–H groups in total. The standard InChI is InChI=1S/C31H39N3O5.CO2/c1-4-6-8-13-26(27(5-2)34(22-35)38-20-24-11-9-7-10-12-24)30(36)32-21-33-31(37)29-19-18-28(39-29)25-16-14-23(3)15-17-25;2-1-3/h7,9-12,14-19,22,26-27H,4-6,8,13,20-21H2,1-3H3,(H,32,36)(H,33,37);/t26-,27-;/m1./s1. The lowest BCUT2D eigenvalue weighted by Crippen LogP contribution is -2.48. The molecule has 0 radical (unpaired) electrons. The molecular formula is C32H39N3O7. The molecule has 1 aromatic heterocycles. The van der Waals surface area contributed by atoms with E-state index in [4.69, 9.17) is 18.8 Å². The lowest BCUT2D eigenvalue weighted by molar-refractivity contribution is -0.200. The molecule has 2 atom stereocenters. The normalized spacial score (nSPS) is 11.7. The van der Waals surface area contributed by atoms with E-state index in [1.54, 1.807) is 12.1 Å². The van der Waals surface area contributed by atoms with Gasteiger partial charge in [-0.15, -0.1) is 0 Å². The Hall–Kier alpha value is -4.53. The summed E-state index contributed by atoms with van der Waals surface area (Å²) in [5.74, 6) is -0.407. The van der Waals surface area contributed by atoms with Gasteiger partial charge in [-0.2, -0.15) is 9.59 Å². The van der Waals surface area contributed by atoms with E-state index in [1.807, 2.05) is 68.4 Å². The summed E-state index contributed by atoms with van der Waals surface area (Å²) < 4.78 is 5.72. The van der Waals surface area contributed by atoms with Crippen molar-refractivity contribution in [3.05, 3.63) is 83.6 Å². The van der Waals surface area contributed by atoms with Gasteiger partial charge in [0.1, 0.15) is 12.4 Å². The number of carbonyl (C=O) groups is 3. The molecule has 1 heterocycles. The summed E-state index contributed by atoms with van der Waals surface area (Å²) in [5.41, 5.74) is 2.94. The van der Waals surface area contributed by atoms with Crippen molar-refractivity contribution in [3.63, 3.8) is 0 Å². The summed E-state index contributed by atoms with van der Waals surface area (Å²) >= 11 is 0. The SMILES string of the molecule is CCCCC[C@@H](C(=O)NCNC(=O)c1ccc(-c2ccc(C)cc2)o1)[C@@H](CC)N(C=O)OCc1ccccc1.O=C=O. The minimum absolute atomic E-state index is 0.0646. The molecule has 0 bridgehead atoms. The Morgan fingerprint density at radius 3 is 2.29 bits per heavy atom. The predicted molar refractivity (Wildman–Crippen MR) is 155 cm³/mol. The van der Waals surface area contributed by atoms with E-state index >= 15 is 0 Å². The van der Waals surface area contributed by atoms with Crippen molar-refractivity contribution in [3.8, 4) is 11.3 Å². The highest BCUT2D eigenvalue weighted by Gasteiger charge is 2.32. The summed E-state index contributed by atoms with van der Waals surface area (Å²) in [7, 11) is 0. The van der Waals surface area contributed by atoms with Crippen LogP contribution in [-0.2, 0) is 30.6 Å². The van der Waals surface area contributed by atoms with Crippen LogP contribution in [-0.4, -0.2) is 42.1 Å². The number of furan rings is 1. The number of carbonyl (C=O) groups excluding carboxylic acids is 5. The maximum atomic E-state index is 13.3. The summed E-state index contributed by atoms with van der Waals surface area (Å²) in [5, 5.41) is 6.77. The van der Waals surface area contributed by atoms with Gasteiger partial charge in [-0.1, -0.05) is 93.3 Å². The van der Waals surface area contributed by atoms with Gasteiger partial charge in [-0.05, 0) is 37.5 Å². The van der Waals surface area contributed by atoms with Crippen LogP contribution in [0.1, 0.15) is 67.6 Å². The summed E-state index contributed by atoms with van der Waals surface area (Å²) in [6.45, 7) is 6.19. The lowest BCUT2D eigenvalue weighted by Gasteiger charge is -2.32. The van der Waals surface area contributed by atoms with Crippen LogP contribution in [0.4, 0.5) is 0 Å². The zero-order valence-corrected chi connectivity index (χ0v) is 24.3. The van der Waals surface area contributed by atoms with Crippen LogP contribution in [0.3, 0.4) is 0 Å². The van der Waals surface area contributed by atoms with Gasteiger partial charge in [0, 0.05) is 5.56 Å². The minimum atomic E-state index is -0.490. The molecule has 10 nitrogen and oxygen atoms in total. The number of nitrogens with zero attached hydrogens (tertiary/aromatic N) is 1. The topological polar surface area (TPSA) is 135 Å². The molecule has 10 heteroatoms. The molecule has 0 aliphatic heterocycles. The Balaban J connectivity index is 0.00000197. The fourth-order valence-electron chi connectivity index (χ4n) is 4.44. The first-order chi connectivity index (χ1) is 20.4. The van der Waals surface area contributed by atoms with Gasteiger partial charge in [0.2, 0.25) is 12.3 Å². The van der Waals surface area contributed by atoms with Crippen LogP contribution in [0.2, 0.25) is 0 Å². The lowest BCUT2D eigenvalue weighted by atomic mass is 9.90. The molecule has 2 aromatic carbocycles. The predicted octanol–water partition coefficient (Wildman–Crippen LogP) is 5.04. The number of benzene rings is 2. The third kappa shape index (κ3) is 10.8. The number of hydroxylamine groups is 2. The van der Waals surface area contributed by atoms with Crippen molar-refractivity contribution < 1.29 is 33.2 Å². The van der Waals surface area contributed by atoms with Crippen LogP contribution in [0.15, 0.2) is 71.1 Å². The van der Waals surface area contributed by atoms with Gasteiger partial charge in [-0.3, -0.25) is 19.2 Å². The van der Waals surface area contributed by atoms with Crippen LogP contribution in [0.5, 0.6) is 0 Å². The number of nitrogens with one attached hydrogen (secondary N) is 2. The second-order valence-corrected chi connectivity index (χ2v) is 9.64. The summed E-state index contributed by atoms with van der Waals surface area (Å²) in [4.78, 5) is 60.0. The number of amides is 3. The van der Waals surface area contributed by atoms with E-state index in [2.05, 4.69) is 17.6 Å². The number of rotatable bonds is 16. The van der Waals surface area contributed by atoms with Crippen molar-refractivity contribution in [1.29, 1.82) is 0 Å². The third-order valence-corrected chi connectivity index (χ3v) is 6.67. The van der Waals surface area contributed by atoms with E-state index in [0.717, 1.165) is 36.0 Å². The molecular weight excluding hydrogens is 538 g/mol. The largest absolute Gasteiger partial charge is 0.451 e. The number of unbranched alkanes of at least 4 members (excludes halogenated alkanes) is 2. The molecule has 0 fully saturated rings. The van der Waals surface area contributed by atoms with Crippen LogP contribution >= 0.6 is 0 Å². The minimum Gasteiger partial charge on any atom is -0.451 e. The molecule has 0 saturated heterocycles. The smallest absolute Gasteiger partial charge is 0.373 e. The van der Waals surface area contributed by atoms with Gasteiger partial charge in [0.25, 0.3) is 5.91 Å². The van der Waals surface area contributed by atoms with Crippen molar-refractivity contribution in [2.75, 3.05) is 6.67 Å². The highest BCUT2D eigenvalue weighted by Crippen LogP contribution is 2.24. The van der Waals surface area contributed by atoms with Crippen LogP contribution in [0.25, 0.3) is 11.3 Å². The van der Waals surface area contributed by atoms with E-state index < -0.39 is 17.9 Å². The van der Waals surface area contributed by atoms with Gasteiger partial charge in [-0.25, -0.2) is 5.06 Å². The number of hydrogen-bond donors (Lipinski definition) is 2. The number of hydrogen-bond acceptors (Lipinski definition) is 7. The highest BCUT2D eigenvalue weighted by molar-refractivity contribution is 5.92. The second-order valence-electron chi connectivity index (χ2n) is 9.64. The first-order valence-electron chi connectivity index (χ1n) is 14.0. The molecule has 224 valence electrons. The molecule has 0 unspecified atom stereocenters. The van der Waals surface area contributed by atoms with Crippen molar-refractivity contribution in [1.82, 2.24) is 15.7 Å². The van der Waals surface area contributed by atoms with Crippen LogP contribution in [0, 0.1) is 12.8 Å². The van der Waals surface area contributed by atoms with E-state index in [-0.39, 0.29) is 31.1 Å². The van der Waals surface area contributed by atoms with Crippen molar-refractivity contribution in [2.45, 2.75) is 65.5 Å². The highest BCUT2D eigenvalue weighted by atomic mass is 16.7. The average molecular weight is 578 g/mol. The Morgan fingerprint density at radius 1 is 0.976 bits per heavy atom. The molecule has 0 aliphatic rings. The quantitative estimate of drug-likeness (QED) is 0.105. The van der Waals surface area contributed by atoms with Gasteiger partial charge < -0.3 is 15.1 Å². The Morgan fingerprint density at radius 2 is 1.67 bits per heavy atom. The van der Waals surface area contributed by atoms with Gasteiger partial charge in [0.05, 0.1) is 18.6 Å². The maximum absolute atomic E-state index is 13.3. The first kappa shape index (κ1) is 33.7. The van der Waals surface area contributed by atoms with E-state index in [1.165, 1.54) is 5.06 Å². The summed E-state index contributed by atoms with van der Waals surface area (Å²) in [6.07, 6.45) is 4.86. The van der Waals surface area contributed by atoms with Crippen molar-refractivity contribution in [2.24, 2.45) is 5.92 Å². The Kier molecular flexibility index (Phi) is 15.0. The molecule has 0 spiro atoms. The fourth-order valence-corrected chi connectivity index (χ4v) is 4.44. The number of aryl methyl sites for hydroxylation is 1. The molecule has 3 rings (SSSR count). The Labute approximate surface area is 246 Å². The first-order valence-corrected chi connectivity index (χ1v) is 14.0. The maximum Gasteiger partial charge on any atom is 0.373 e.